The van der Waals surface area contributed by atoms with Crippen LogP contribution in [0.1, 0.15) is 12.6 Å². The van der Waals surface area contributed by atoms with Gasteiger partial charge in [0.1, 0.15) is 5.78 Å². The van der Waals surface area contributed by atoms with Crippen LogP contribution in [0.25, 0.3) is 0 Å². The van der Waals surface area contributed by atoms with Gasteiger partial charge in [-0.05, 0) is 6.92 Å². The van der Waals surface area contributed by atoms with E-state index in [4.69, 9.17) is 9.47 Å². The fourth-order valence-electron chi connectivity index (χ4n) is 0.991. The molecular formula is C9H12N2O3. The van der Waals surface area contributed by atoms with Crippen molar-refractivity contribution in [2.45, 2.75) is 13.3 Å². The largest absolute Gasteiger partial charge is 0.481 e. The van der Waals surface area contributed by atoms with Crippen LogP contribution in [0.2, 0.25) is 0 Å². The van der Waals surface area contributed by atoms with Crippen LogP contribution in [0, 0.1) is 0 Å². The average Bonchev–Trinajstić information content (AvgIpc) is 2.16. The summed E-state index contributed by atoms with van der Waals surface area (Å²) < 4.78 is 9.80. The van der Waals surface area contributed by atoms with E-state index in [0.717, 1.165) is 0 Å². The van der Waals surface area contributed by atoms with Gasteiger partial charge < -0.3 is 9.47 Å². The Balaban J connectivity index is 2.98. The van der Waals surface area contributed by atoms with Gasteiger partial charge in [0.25, 0.3) is 0 Å². The van der Waals surface area contributed by atoms with Crippen molar-refractivity contribution < 1.29 is 14.3 Å². The van der Waals surface area contributed by atoms with E-state index in [2.05, 4.69) is 9.97 Å². The molecular weight excluding hydrogens is 184 g/mol. The standard InChI is InChI=1S/C9H12N2O3/c1-6(12)4-7-5-8(13-2)11-9(10-7)14-3/h5H,4H2,1-3H3. The van der Waals surface area contributed by atoms with Crippen LogP contribution < -0.4 is 9.47 Å². The van der Waals surface area contributed by atoms with E-state index in [1.165, 1.54) is 21.1 Å². The molecule has 0 saturated heterocycles. The number of Topliss-reactive ketones (excluding diaryl/α,β-unsaturated/α-hetero) is 1. The fourth-order valence-corrected chi connectivity index (χ4v) is 0.991. The Bertz CT molecular complexity index is 317. The van der Waals surface area contributed by atoms with Crippen molar-refractivity contribution in [2.75, 3.05) is 14.2 Å². The summed E-state index contributed by atoms with van der Waals surface area (Å²) >= 11 is 0. The molecule has 5 nitrogen and oxygen atoms in total. The van der Waals surface area contributed by atoms with Crippen LogP contribution in [0.3, 0.4) is 0 Å². The van der Waals surface area contributed by atoms with Crippen LogP contribution in [0.15, 0.2) is 6.07 Å². The molecule has 1 aromatic heterocycles. The molecule has 0 saturated carbocycles. The van der Waals surface area contributed by atoms with Gasteiger partial charge in [0.2, 0.25) is 5.88 Å². The third kappa shape index (κ3) is 2.69. The predicted molar refractivity (Wildman–Crippen MR) is 49.5 cm³/mol. The molecule has 0 aromatic carbocycles. The van der Waals surface area contributed by atoms with Crippen molar-refractivity contribution in [3.8, 4) is 11.9 Å². The SMILES string of the molecule is COc1cc(CC(C)=O)nc(OC)n1. The highest BCUT2D eigenvalue weighted by Gasteiger charge is 2.06. The highest BCUT2D eigenvalue weighted by molar-refractivity contribution is 5.77. The minimum Gasteiger partial charge on any atom is -0.481 e. The normalized spacial score (nSPS) is 9.64. The lowest BCUT2D eigenvalue weighted by Gasteiger charge is -2.04. The van der Waals surface area contributed by atoms with Crippen molar-refractivity contribution in [3.05, 3.63) is 11.8 Å². The van der Waals surface area contributed by atoms with E-state index < -0.39 is 0 Å². The van der Waals surface area contributed by atoms with Crippen molar-refractivity contribution >= 4 is 5.78 Å². The highest BCUT2D eigenvalue weighted by atomic mass is 16.5. The van der Waals surface area contributed by atoms with E-state index in [0.29, 0.717) is 11.6 Å². The van der Waals surface area contributed by atoms with E-state index in [1.807, 2.05) is 0 Å². The zero-order valence-electron chi connectivity index (χ0n) is 8.40. The van der Waals surface area contributed by atoms with Gasteiger partial charge in [0, 0.05) is 12.5 Å². The Morgan fingerprint density at radius 1 is 1.36 bits per heavy atom. The summed E-state index contributed by atoms with van der Waals surface area (Å²) in [5, 5.41) is 0. The second-order valence-corrected chi connectivity index (χ2v) is 2.77. The van der Waals surface area contributed by atoms with Crippen molar-refractivity contribution in [1.29, 1.82) is 0 Å². The molecule has 0 aliphatic heterocycles. The van der Waals surface area contributed by atoms with Crippen LogP contribution in [-0.4, -0.2) is 30.0 Å². The van der Waals surface area contributed by atoms with Gasteiger partial charge in [0.05, 0.1) is 19.9 Å². The van der Waals surface area contributed by atoms with Crippen LogP contribution in [0.4, 0.5) is 0 Å². The highest BCUT2D eigenvalue weighted by Crippen LogP contribution is 2.13. The first kappa shape index (κ1) is 10.4. The molecule has 0 bridgehead atoms. The summed E-state index contributed by atoms with van der Waals surface area (Å²) in [4.78, 5) is 18.8. The van der Waals surface area contributed by atoms with E-state index in [1.54, 1.807) is 6.07 Å². The van der Waals surface area contributed by atoms with Crippen LogP contribution in [-0.2, 0) is 11.2 Å². The summed E-state index contributed by atoms with van der Waals surface area (Å²) in [6.45, 7) is 1.50. The Labute approximate surface area is 82.1 Å². The van der Waals surface area contributed by atoms with Gasteiger partial charge in [0.15, 0.2) is 0 Å². The molecule has 14 heavy (non-hydrogen) atoms. The lowest BCUT2D eigenvalue weighted by atomic mass is 10.2. The summed E-state index contributed by atoms with van der Waals surface area (Å²) in [6, 6.07) is 1.82. The minimum atomic E-state index is 0.0350. The van der Waals surface area contributed by atoms with Gasteiger partial charge >= 0.3 is 6.01 Å². The van der Waals surface area contributed by atoms with Crippen molar-refractivity contribution in [1.82, 2.24) is 9.97 Å². The van der Waals surface area contributed by atoms with Gasteiger partial charge in [-0.15, -0.1) is 0 Å². The Morgan fingerprint density at radius 3 is 2.57 bits per heavy atom. The summed E-state index contributed by atoms with van der Waals surface area (Å²) in [5.41, 5.74) is 0.598. The first-order valence-corrected chi connectivity index (χ1v) is 4.11. The monoisotopic (exact) mass is 196 g/mol. The van der Waals surface area contributed by atoms with Crippen LogP contribution >= 0.6 is 0 Å². The molecule has 1 rings (SSSR count). The van der Waals surface area contributed by atoms with Gasteiger partial charge in [-0.3, -0.25) is 4.79 Å². The first-order valence-electron chi connectivity index (χ1n) is 4.11. The van der Waals surface area contributed by atoms with Crippen LogP contribution in [0.5, 0.6) is 11.9 Å². The molecule has 0 unspecified atom stereocenters. The zero-order valence-corrected chi connectivity index (χ0v) is 8.40. The number of ether oxygens (including phenoxy) is 2. The molecule has 0 spiro atoms. The van der Waals surface area contributed by atoms with Gasteiger partial charge in [-0.1, -0.05) is 0 Å². The Kier molecular flexibility index (Phi) is 3.39. The summed E-state index contributed by atoms with van der Waals surface area (Å²) in [7, 11) is 2.96. The Morgan fingerprint density at radius 2 is 2.07 bits per heavy atom. The Hall–Kier alpha value is -1.65. The molecule has 0 N–H and O–H groups in total. The maximum atomic E-state index is 10.9. The van der Waals surface area contributed by atoms with Crippen molar-refractivity contribution in [2.24, 2.45) is 0 Å². The summed E-state index contributed by atoms with van der Waals surface area (Å²) in [5.74, 6) is 0.431. The minimum absolute atomic E-state index is 0.0350. The predicted octanol–water partition coefficient (Wildman–Crippen LogP) is 0.625. The maximum absolute atomic E-state index is 10.9. The number of rotatable bonds is 4. The van der Waals surface area contributed by atoms with Crippen molar-refractivity contribution in [3.63, 3.8) is 0 Å². The molecule has 0 radical (unpaired) electrons. The van der Waals surface area contributed by atoms with E-state index >= 15 is 0 Å². The lowest BCUT2D eigenvalue weighted by molar-refractivity contribution is -0.116. The van der Waals surface area contributed by atoms with E-state index in [9.17, 15) is 4.79 Å². The molecule has 0 aliphatic carbocycles. The number of carbonyl (C=O) groups is 1. The number of aromatic nitrogens is 2. The molecule has 5 heteroatoms. The maximum Gasteiger partial charge on any atom is 0.319 e. The zero-order chi connectivity index (χ0) is 10.6. The number of hydrogen-bond acceptors (Lipinski definition) is 5. The average molecular weight is 196 g/mol. The van der Waals surface area contributed by atoms with Gasteiger partial charge in [-0.25, -0.2) is 0 Å². The molecule has 76 valence electrons. The number of carbonyl (C=O) groups excluding carboxylic acids is 1. The number of methoxy groups -OCH3 is 2. The topological polar surface area (TPSA) is 61.3 Å². The molecule has 0 amide bonds. The quantitative estimate of drug-likeness (QED) is 0.706. The third-order valence-corrected chi connectivity index (χ3v) is 1.56. The summed E-state index contributed by atoms with van der Waals surface area (Å²) in [6.07, 6.45) is 0.259. The third-order valence-electron chi connectivity index (χ3n) is 1.56. The molecule has 1 aromatic rings. The number of hydrogen-bond donors (Lipinski definition) is 0. The smallest absolute Gasteiger partial charge is 0.319 e. The van der Waals surface area contributed by atoms with E-state index in [-0.39, 0.29) is 18.2 Å². The number of ketones is 1. The molecule has 0 fully saturated rings. The number of nitrogens with zero attached hydrogens (tertiary/aromatic N) is 2. The van der Waals surface area contributed by atoms with Gasteiger partial charge in [-0.2, -0.15) is 9.97 Å². The lowest BCUT2D eigenvalue weighted by Crippen LogP contribution is -2.03. The molecule has 0 atom stereocenters. The second-order valence-electron chi connectivity index (χ2n) is 2.77. The molecule has 1 heterocycles. The molecule has 0 aliphatic rings. The second kappa shape index (κ2) is 4.55. The first-order chi connectivity index (χ1) is 6.65. The fraction of sp³-hybridized carbons (Fsp3) is 0.444.